The first-order valence-electron chi connectivity index (χ1n) is 7.01. The smallest absolute Gasteiger partial charge is 0.254 e. The number of rotatable bonds is 1. The van der Waals surface area contributed by atoms with Crippen molar-refractivity contribution in [1.29, 1.82) is 0 Å². The van der Waals surface area contributed by atoms with Gasteiger partial charge in [-0.25, -0.2) is 0 Å². The molecule has 3 N–H and O–H groups in total. The number of likely N-dealkylation sites (tertiary alicyclic amines) is 1. The second-order valence-electron chi connectivity index (χ2n) is 5.63. The monoisotopic (exact) mass is 287 g/mol. The molecule has 0 aromatic heterocycles. The molecule has 2 atom stereocenters. The summed E-state index contributed by atoms with van der Waals surface area (Å²) in [6.45, 7) is 2.29. The highest BCUT2D eigenvalue weighted by atomic mass is 16.2. The number of carbonyl (C=O) groups excluding carboxylic acids is 3. The van der Waals surface area contributed by atoms with Gasteiger partial charge in [0.05, 0.1) is 0 Å². The normalized spacial score (nSPS) is 29.3. The summed E-state index contributed by atoms with van der Waals surface area (Å²) < 4.78 is 0. The van der Waals surface area contributed by atoms with E-state index in [2.05, 4.69) is 5.32 Å². The first-order chi connectivity index (χ1) is 9.97. The summed E-state index contributed by atoms with van der Waals surface area (Å²) in [5, 5.41) is 2.29. The molecule has 0 aromatic carbocycles. The zero-order chi connectivity index (χ0) is 15.1. The molecule has 3 amide bonds. The number of hydrogen-bond acceptors (Lipinski definition) is 4. The Balaban J connectivity index is 1.93. The van der Waals surface area contributed by atoms with Crippen molar-refractivity contribution in [3.05, 3.63) is 35.1 Å². The maximum atomic E-state index is 12.6. The van der Waals surface area contributed by atoms with Crippen LogP contribution in [0.25, 0.3) is 0 Å². The van der Waals surface area contributed by atoms with Gasteiger partial charge in [-0.3, -0.25) is 19.7 Å². The van der Waals surface area contributed by atoms with Crippen molar-refractivity contribution >= 4 is 17.7 Å². The highest BCUT2D eigenvalue weighted by Crippen LogP contribution is 2.31. The van der Waals surface area contributed by atoms with Crippen molar-refractivity contribution in [2.75, 3.05) is 6.54 Å². The summed E-state index contributed by atoms with van der Waals surface area (Å²) >= 11 is 0. The molecule has 3 aliphatic rings. The predicted octanol–water partition coefficient (Wildman–Crippen LogP) is -0.0211. The minimum absolute atomic E-state index is 0.113. The highest BCUT2D eigenvalue weighted by molar-refractivity contribution is 6.07. The lowest BCUT2D eigenvalue weighted by Gasteiger charge is -2.29. The standard InChI is InChI=1S/C15H17N3O3/c1-8-2-3-11(16)10-7-18(15(21)9(10)6-8)12-4-5-13(19)17-14(12)20/h2-3,6,8,12H,4-5,7,16H2,1H3,(H,17,19,20). The zero-order valence-corrected chi connectivity index (χ0v) is 11.8. The number of nitrogens with one attached hydrogen (secondary N) is 1. The largest absolute Gasteiger partial charge is 0.398 e. The van der Waals surface area contributed by atoms with Gasteiger partial charge < -0.3 is 10.6 Å². The number of carbonyl (C=O) groups is 3. The van der Waals surface area contributed by atoms with E-state index in [0.717, 1.165) is 5.57 Å². The van der Waals surface area contributed by atoms with E-state index in [1.807, 2.05) is 25.2 Å². The molecule has 0 radical (unpaired) electrons. The van der Waals surface area contributed by atoms with E-state index in [-0.39, 0.29) is 24.2 Å². The molecule has 0 spiro atoms. The topological polar surface area (TPSA) is 92.5 Å². The molecule has 0 aromatic rings. The SMILES string of the molecule is CC1C=CC(N)=C2CN(C3CCC(=O)NC3=O)C(=O)C2=C1. The molecule has 110 valence electrons. The van der Waals surface area contributed by atoms with Crippen LogP contribution in [0.1, 0.15) is 19.8 Å². The molecular weight excluding hydrogens is 270 g/mol. The summed E-state index contributed by atoms with van der Waals surface area (Å²) in [6, 6.07) is -0.595. The van der Waals surface area contributed by atoms with Crippen LogP contribution < -0.4 is 11.1 Å². The Labute approximate surface area is 122 Å². The molecule has 2 unspecified atom stereocenters. The van der Waals surface area contributed by atoms with E-state index in [1.165, 1.54) is 4.90 Å². The Morgan fingerprint density at radius 3 is 2.81 bits per heavy atom. The van der Waals surface area contributed by atoms with E-state index in [1.54, 1.807) is 0 Å². The molecule has 1 aliphatic carbocycles. The average Bonchev–Trinajstić information content (AvgIpc) is 2.66. The van der Waals surface area contributed by atoms with Gasteiger partial charge in [-0.15, -0.1) is 0 Å². The van der Waals surface area contributed by atoms with Crippen LogP contribution in [0, 0.1) is 5.92 Å². The van der Waals surface area contributed by atoms with Gasteiger partial charge in [0.1, 0.15) is 6.04 Å². The van der Waals surface area contributed by atoms with Gasteiger partial charge in [-0.2, -0.15) is 0 Å². The van der Waals surface area contributed by atoms with Gasteiger partial charge >= 0.3 is 0 Å². The summed E-state index contributed by atoms with van der Waals surface area (Å²) in [6.07, 6.45) is 6.24. The van der Waals surface area contributed by atoms with Crippen LogP contribution in [0.4, 0.5) is 0 Å². The third-order valence-corrected chi connectivity index (χ3v) is 4.09. The van der Waals surface area contributed by atoms with Gasteiger partial charge in [0.2, 0.25) is 11.8 Å². The Morgan fingerprint density at radius 2 is 2.10 bits per heavy atom. The van der Waals surface area contributed by atoms with E-state index in [9.17, 15) is 14.4 Å². The van der Waals surface area contributed by atoms with Crippen molar-refractivity contribution in [3.8, 4) is 0 Å². The van der Waals surface area contributed by atoms with Gasteiger partial charge in [-0.1, -0.05) is 19.1 Å². The fourth-order valence-electron chi connectivity index (χ4n) is 2.94. The number of amides is 3. The second-order valence-corrected chi connectivity index (χ2v) is 5.63. The minimum Gasteiger partial charge on any atom is -0.398 e. The number of fused-ring (bicyclic) bond motifs is 1. The van der Waals surface area contributed by atoms with Crippen LogP contribution in [0.5, 0.6) is 0 Å². The van der Waals surface area contributed by atoms with Crippen LogP contribution in [0.2, 0.25) is 0 Å². The van der Waals surface area contributed by atoms with Crippen molar-refractivity contribution in [2.45, 2.75) is 25.8 Å². The Bertz CT molecular complexity index is 630. The molecular formula is C15H17N3O3. The molecule has 2 heterocycles. The first kappa shape index (κ1) is 13.6. The molecule has 2 saturated heterocycles. The van der Waals surface area contributed by atoms with Crippen LogP contribution in [0.3, 0.4) is 0 Å². The second kappa shape index (κ2) is 4.87. The Kier molecular flexibility index (Phi) is 3.16. The molecule has 2 aliphatic heterocycles. The molecule has 0 bridgehead atoms. The number of allylic oxidation sites excluding steroid dienone is 3. The molecule has 2 fully saturated rings. The maximum Gasteiger partial charge on any atom is 0.254 e. The number of piperidine rings is 1. The quantitative estimate of drug-likeness (QED) is 0.663. The van der Waals surface area contributed by atoms with Gasteiger partial charge in [0, 0.05) is 29.8 Å². The van der Waals surface area contributed by atoms with Crippen LogP contribution in [-0.2, 0) is 14.4 Å². The highest BCUT2D eigenvalue weighted by Gasteiger charge is 2.41. The summed E-state index contributed by atoms with van der Waals surface area (Å²) in [7, 11) is 0. The fourth-order valence-corrected chi connectivity index (χ4v) is 2.94. The third-order valence-electron chi connectivity index (χ3n) is 4.09. The van der Waals surface area contributed by atoms with Crippen molar-refractivity contribution < 1.29 is 14.4 Å². The Hall–Kier alpha value is -2.37. The van der Waals surface area contributed by atoms with E-state index in [4.69, 9.17) is 5.73 Å². The van der Waals surface area contributed by atoms with E-state index >= 15 is 0 Å². The summed E-state index contributed by atoms with van der Waals surface area (Å²) in [4.78, 5) is 37.3. The van der Waals surface area contributed by atoms with Gasteiger partial charge in [0.25, 0.3) is 5.91 Å². The third kappa shape index (κ3) is 2.26. The van der Waals surface area contributed by atoms with Crippen molar-refractivity contribution in [3.63, 3.8) is 0 Å². The predicted molar refractivity (Wildman–Crippen MR) is 75.5 cm³/mol. The average molecular weight is 287 g/mol. The molecule has 3 rings (SSSR count). The van der Waals surface area contributed by atoms with Crippen molar-refractivity contribution in [1.82, 2.24) is 10.2 Å². The van der Waals surface area contributed by atoms with Gasteiger partial charge in [0.15, 0.2) is 0 Å². The van der Waals surface area contributed by atoms with Crippen molar-refractivity contribution in [2.24, 2.45) is 11.7 Å². The Morgan fingerprint density at radius 1 is 1.33 bits per heavy atom. The fraction of sp³-hybridized carbons (Fsp3) is 0.400. The first-order valence-corrected chi connectivity index (χ1v) is 7.01. The number of imide groups is 1. The number of hydrogen-bond donors (Lipinski definition) is 2. The van der Waals surface area contributed by atoms with E-state index < -0.39 is 11.9 Å². The maximum absolute atomic E-state index is 12.6. The minimum atomic E-state index is -0.595. The van der Waals surface area contributed by atoms with Crippen LogP contribution in [0.15, 0.2) is 35.1 Å². The number of nitrogens with two attached hydrogens (primary N) is 1. The van der Waals surface area contributed by atoms with Crippen LogP contribution in [-0.4, -0.2) is 35.2 Å². The van der Waals surface area contributed by atoms with E-state index in [0.29, 0.717) is 24.2 Å². The molecule has 0 saturated carbocycles. The lowest BCUT2D eigenvalue weighted by molar-refractivity contribution is -0.142. The summed E-state index contributed by atoms with van der Waals surface area (Å²) in [5.41, 5.74) is 7.92. The number of nitrogens with zero attached hydrogens (tertiary/aromatic N) is 1. The molecule has 6 heteroatoms. The zero-order valence-electron chi connectivity index (χ0n) is 11.8. The lowest BCUT2D eigenvalue weighted by Crippen LogP contribution is -2.52. The molecule has 6 nitrogen and oxygen atoms in total. The lowest BCUT2D eigenvalue weighted by atomic mass is 10.0. The van der Waals surface area contributed by atoms with Gasteiger partial charge in [-0.05, 0) is 18.4 Å². The van der Waals surface area contributed by atoms with Crippen LogP contribution >= 0.6 is 0 Å². The molecule has 21 heavy (non-hydrogen) atoms. The summed E-state index contributed by atoms with van der Waals surface area (Å²) in [5.74, 6) is -0.759.